The average Bonchev–Trinajstić information content (AvgIpc) is 1.81. The molecule has 5 heteroatoms. The summed E-state index contributed by atoms with van der Waals surface area (Å²) in [6, 6.07) is 0. The number of hydrogen-bond acceptors (Lipinski definition) is 2. The minimum atomic E-state index is -1.16. The van der Waals surface area contributed by atoms with Gasteiger partial charge >= 0.3 is 0 Å². The fourth-order valence-electron chi connectivity index (χ4n) is 0.532. The molecule has 0 aromatic rings. The largest absolute Gasteiger partial charge is 0.493 e. The van der Waals surface area contributed by atoms with Crippen LogP contribution < -0.4 is 0 Å². The van der Waals surface area contributed by atoms with Crippen LogP contribution in [0.15, 0.2) is 17.0 Å². The molecule has 0 amide bonds. The molecule has 0 atom stereocenters. The van der Waals surface area contributed by atoms with Crippen molar-refractivity contribution < 1.29 is 5.11 Å². The molecule has 0 bridgehead atoms. The van der Waals surface area contributed by atoms with Crippen LogP contribution in [0, 0.1) is 0 Å². The van der Waals surface area contributed by atoms with Gasteiger partial charge in [0.05, 0.1) is 0 Å². The molecule has 1 heterocycles. The quantitative estimate of drug-likeness (QED) is 0.599. The Morgan fingerprint density at radius 2 is 2.20 bits per heavy atom. The summed E-state index contributed by atoms with van der Waals surface area (Å²) in [5.74, 6) is -0.137. The Kier molecular flexibility index (Phi) is 2.13. The number of allylic oxidation sites excluding steroid dienone is 1. The molecule has 0 saturated heterocycles. The van der Waals surface area contributed by atoms with E-state index in [0.717, 1.165) is 0 Å². The summed E-state index contributed by atoms with van der Waals surface area (Å²) in [7, 11) is 0. The van der Waals surface area contributed by atoms with E-state index in [9.17, 15) is 0 Å². The standard InChI is InChI=1S/C5H4Cl3NO/c6-4-5(7,8)2-1-3(10)9-4/h1,10H,2H2. The molecular weight excluding hydrogens is 196 g/mol. The zero-order valence-corrected chi connectivity index (χ0v) is 7.08. The first kappa shape index (κ1) is 8.18. The fourth-order valence-corrected chi connectivity index (χ4v) is 0.934. The number of aliphatic imine (C=N–C) groups is 1. The Balaban J connectivity index is 2.88. The van der Waals surface area contributed by atoms with Crippen molar-refractivity contribution in [2.75, 3.05) is 0 Å². The number of nitrogens with zero attached hydrogens (tertiary/aromatic N) is 1. The van der Waals surface area contributed by atoms with Crippen molar-refractivity contribution in [3.05, 3.63) is 12.0 Å². The lowest BCUT2D eigenvalue weighted by Crippen LogP contribution is -2.23. The van der Waals surface area contributed by atoms with Crippen LogP contribution in [0.25, 0.3) is 0 Å². The lowest BCUT2D eigenvalue weighted by molar-refractivity contribution is 0.401. The molecular formula is C5H4Cl3NO. The first-order valence-corrected chi connectivity index (χ1v) is 3.67. The van der Waals surface area contributed by atoms with Gasteiger partial charge in [-0.2, -0.15) is 0 Å². The van der Waals surface area contributed by atoms with E-state index >= 15 is 0 Å². The maximum absolute atomic E-state index is 8.78. The maximum atomic E-state index is 8.78. The van der Waals surface area contributed by atoms with Crippen molar-refractivity contribution in [1.29, 1.82) is 0 Å². The molecule has 1 N–H and O–H groups in total. The van der Waals surface area contributed by atoms with Gasteiger partial charge in [-0.3, -0.25) is 0 Å². The van der Waals surface area contributed by atoms with E-state index in [1.807, 2.05) is 0 Å². The molecule has 56 valence electrons. The topological polar surface area (TPSA) is 32.6 Å². The lowest BCUT2D eigenvalue weighted by atomic mass is 10.2. The maximum Gasteiger partial charge on any atom is 0.207 e. The number of aliphatic hydroxyl groups is 1. The molecule has 0 aromatic heterocycles. The summed E-state index contributed by atoms with van der Waals surface area (Å²) >= 11 is 16.8. The van der Waals surface area contributed by atoms with Crippen LogP contribution in [-0.4, -0.2) is 14.6 Å². The highest BCUT2D eigenvalue weighted by Crippen LogP contribution is 2.33. The van der Waals surface area contributed by atoms with Gasteiger partial charge in [0.1, 0.15) is 5.17 Å². The summed E-state index contributed by atoms with van der Waals surface area (Å²) in [6.45, 7) is 0. The predicted molar refractivity (Wildman–Crippen MR) is 43.1 cm³/mol. The van der Waals surface area contributed by atoms with Crippen LogP contribution in [0.2, 0.25) is 0 Å². The van der Waals surface area contributed by atoms with E-state index < -0.39 is 4.33 Å². The SMILES string of the molecule is OC1=CCC(Cl)(Cl)C(Cl)=N1. The van der Waals surface area contributed by atoms with Gasteiger partial charge in [-0.15, -0.1) is 0 Å². The Morgan fingerprint density at radius 1 is 1.60 bits per heavy atom. The van der Waals surface area contributed by atoms with Gasteiger partial charge in [0, 0.05) is 6.42 Å². The van der Waals surface area contributed by atoms with Gasteiger partial charge in [-0.25, -0.2) is 4.99 Å². The third-order valence-electron chi connectivity index (χ3n) is 1.06. The highest BCUT2D eigenvalue weighted by atomic mass is 35.5. The number of hydrogen-bond donors (Lipinski definition) is 1. The average molecular weight is 200 g/mol. The van der Waals surface area contributed by atoms with Crippen LogP contribution in [0.4, 0.5) is 0 Å². The number of halogens is 3. The number of rotatable bonds is 0. The summed E-state index contributed by atoms with van der Waals surface area (Å²) in [4.78, 5) is 3.47. The van der Waals surface area contributed by atoms with Crippen molar-refractivity contribution in [3.63, 3.8) is 0 Å². The molecule has 1 aliphatic rings. The Bertz CT molecular complexity index is 209. The van der Waals surface area contributed by atoms with Crippen LogP contribution in [0.5, 0.6) is 0 Å². The third-order valence-corrected chi connectivity index (χ3v) is 2.32. The third kappa shape index (κ3) is 1.57. The van der Waals surface area contributed by atoms with Crippen LogP contribution >= 0.6 is 34.8 Å². The zero-order valence-electron chi connectivity index (χ0n) is 4.81. The Hall–Kier alpha value is 0.0800. The Morgan fingerprint density at radius 3 is 2.60 bits per heavy atom. The normalized spacial score (nSPS) is 23.5. The predicted octanol–water partition coefficient (Wildman–Crippen LogP) is 2.60. The van der Waals surface area contributed by atoms with Crippen molar-refractivity contribution >= 4 is 40.0 Å². The summed E-state index contributed by atoms with van der Waals surface area (Å²) < 4.78 is -1.16. The van der Waals surface area contributed by atoms with Gasteiger partial charge < -0.3 is 5.11 Å². The van der Waals surface area contributed by atoms with E-state index in [2.05, 4.69) is 4.99 Å². The van der Waals surface area contributed by atoms with Crippen molar-refractivity contribution in [2.24, 2.45) is 4.99 Å². The Labute approximate surface area is 73.1 Å². The van der Waals surface area contributed by atoms with Gasteiger partial charge in [-0.1, -0.05) is 34.8 Å². The van der Waals surface area contributed by atoms with E-state index in [0.29, 0.717) is 0 Å². The second kappa shape index (κ2) is 2.61. The van der Waals surface area contributed by atoms with E-state index in [1.165, 1.54) is 6.08 Å². The van der Waals surface area contributed by atoms with E-state index in [4.69, 9.17) is 39.9 Å². The van der Waals surface area contributed by atoms with Crippen LogP contribution in [0.1, 0.15) is 6.42 Å². The van der Waals surface area contributed by atoms with Gasteiger partial charge in [0.25, 0.3) is 0 Å². The highest BCUT2D eigenvalue weighted by molar-refractivity contribution is 6.80. The second-order valence-electron chi connectivity index (χ2n) is 1.87. The van der Waals surface area contributed by atoms with Crippen LogP contribution in [-0.2, 0) is 0 Å². The van der Waals surface area contributed by atoms with Gasteiger partial charge in [0.2, 0.25) is 5.88 Å². The molecule has 0 aromatic carbocycles. The van der Waals surface area contributed by atoms with Crippen molar-refractivity contribution in [1.82, 2.24) is 0 Å². The molecule has 10 heavy (non-hydrogen) atoms. The van der Waals surface area contributed by atoms with E-state index in [1.54, 1.807) is 0 Å². The molecule has 1 rings (SSSR count). The minimum absolute atomic E-state index is 0.0100. The molecule has 0 unspecified atom stereocenters. The monoisotopic (exact) mass is 199 g/mol. The molecule has 0 aliphatic carbocycles. The summed E-state index contributed by atoms with van der Waals surface area (Å²) in [5.41, 5.74) is 0. The highest BCUT2D eigenvalue weighted by Gasteiger charge is 2.31. The molecule has 0 fully saturated rings. The van der Waals surface area contributed by atoms with E-state index in [-0.39, 0.29) is 17.5 Å². The molecule has 0 saturated carbocycles. The fraction of sp³-hybridized carbons (Fsp3) is 0.400. The summed E-state index contributed by atoms with van der Waals surface area (Å²) in [5, 5.41) is 8.79. The molecule has 0 spiro atoms. The second-order valence-corrected chi connectivity index (χ2v) is 3.72. The van der Waals surface area contributed by atoms with Gasteiger partial charge in [0.15, 0.2) is 4.33 Å². The first-order valence-electron chi connectivity index (χ1n) is 2.54. The minimum Gasteiger partial charge on any atom is -0.493 e. The smallest absolute Gasteiger partial charge is 0.207 e. The van der Waals surface area contributed by atoms with Crippen molar-refractivity contribution in [2.45, 2.75) is 10.8 Å². The molecule has 0 radical (unpaired) electrons. The molecule has 2 nitrogen and oxygen atoms in total. The zero-order chi connectivity index (χ0) is 7.78. The first-order chi connectivity index (χ1) is 4.52. The summed E-state index contributed by atoms with van der Waals surface area (Å²) in [6.07, 6.45) is 1.69. The lowest BCUT2D eigenvalue weighted by Gasteiger charge is -2.18. The number of aliphatic hydroxyl groups excluding tert-OH is 1. The van der Waals surface area contributed by atoms with Crippen LogP contribution in [0.3, 0.4) is 0 Å². The number of alkyl halides is 2. The van der Waals surface area contributed by atoms with Crippen molar-refractivity contribution in [3.8, 4) is 0 Å². The van der Waals surface area contributed by atoms with Gasteiger partial charge in [-0.05, 0) is 6.08 Å². The molecule has 1 aliphatic heterocycles.